The number of benzene rings is 2. The zero-order valence-corrected chi connectivity index (χ0v) is 17.8. The van der Waals surface area contributed by atoms with Crippen molar-refractivity contribution in [2.45, 2.75) is 45.7 Å². The minimum atomic E-state index is -0.935. The Morgan fingerprint density at radius 3 is 2.58 bits per heavy atom. The maximum Gasteiger partial charge on any atom is 0.326 e. The Bertz CT molecular complexity index is 1150. The van der Waals surface area contributed by atoms with Gasteiger partial charge in [-0.1, -0.05) is 26.0 Å². The van der Waals surface area contributed by atoms with Crippen LogP contribution >= 0.6 is 0 Å². The van der Waals surface area contributed by atoms with Gasteiger partial charge in [0.05, 0.1) is 5.52 Å². The average molecular weight is 418 g/mol. The van der Waals surface area contributed by atoms with Crippen molar-refractivity contribution >= 4 is 28.7 Å². The van der Waals surface area contributed by atoms with E-state index in [0.29, 0.717) is 11.6 Å². The largest absolute Gasteiger partial charge is 0.480 e. The standard InChI is InChI=1S/C24H26N4O3/c1-13(2)21(23(30)31)28-24-25-12-17-10-15(6-9-20(17)27-24)19-11-16(5-4-14(19)3)22(29)26-18-7-8-18/h4-6,9-13,18,21H,7-8H2,1-3H3,(H,26,29)(H,30,31)(H,25,27,28). The number of aromatic nitrogens is 2. The second-order valence-electron chi connectivity index (χ2n) is 8.45. The Balaban J connectivity index is 1.62. The van der Waals surface area contributed by atoms with E-state index in [-0.39, 0.29) is 17.8 Å². The molecule has 7 nitrogen and oxygen atoms in total. The Kier molecular flexibility index (Phi) is 5.59. The summed E-state index contributed by atoms with van der Waals surface area (Å²) in [5.41, 5.74) is 4.40. The lowest BCUT2D eigenvalue weighted by Crippen LogP contribution is -2.34. The van der Waals surface area contributed by atoms with Gasteiger partial charge in [-0.15, -0.1) is 0 Å². The number of hydrogen-bond acceptors (Lipinski definition) is 5. The lowest BCUT2D eigenvalue weighted by molar-refractivity contribution is -0.138. The van der Waals surface area contributed by atoms with Gasteiger partial charge in [-0.25, -0.2) is 14.8 Å². The molecule has 1 atom stereocenters. The molecule has 0 bridgehead atoms. The van der Waals surface area contributed by atoms with Crippen molar-refractivity contribution in [3.8, 4) is 11.1 Å². The van der Waals surface area contributed by atoms with E-state index in [1.165, 1.54) is 0 Å². The molecule has 1 fully saturated rings. The quantitative estimate of drug-likeness (QED) is 0.535. The number of carboxylic acids is 1. The highest BCUT2D eigenvalue weighted by molar-refractivity contribution is 5.96. The molecule has 1 heterocycles. The van der Waals surface area contributed by atoms with E-state index in [1.807, 2.05) is 57.2 Å². The van der Waals surface area contributed by atoms with Crippen LogP contribution in [0.2, 0.25) is 0 Å². The van der Waals surface area contributed by atoms with Gasteiger partial charge in [0.2, 0.25) is 5.95 Å². The van der Waals surface area contributed by atoms with Crippen molar-refractivity contribution in [3.63, 3.8) is 0 Å². The molecule has 0 saturated heterocycles. The first-order chi connectivity index (χ1) is 14.8. The number of nitrogens with zero attached hydrogens (tertiary/aromatic N) is 2. The molecule has 31 heavy (non-hydrogen) atoms. The van der Waals surface area contributed by atoms with Gasteiger partial charge in [-0.2, -0.15) is 0 Å². The lowest BCUT2D eigenvalue weighted by Gasteiger charge is -2.18. The molecule has 160 valence electrons. The number of nitrogens with one attached hydrogen (secondary N) is 2. The molecule has 1 unspecified atom stereocenters. The van der Waals surface area contributed by atoms with Crippen LogP contribution in [0, 0.1) is 12.8 Å². The number of aryl methyl sites for hydroxylation is 1. The van der Waals surface area contributed by atoms with Crippen molar-refractivity contribution in [1.29, 1.82) is 0 Å². The number of carboxylic acid groups (broad SMARTS) is 1. The number of aliphatic carboxylic acids is 1. The Hall–Kier alpha value is -3.48. The van der Waals surface area contributed by atoms with E-state index >= 15 is 0 Å². The predicted molar refractivity (Wildman–Crippen MR) is 120 cm³/mol. The first kappa shape index (κ1) is 20.8. The SMILES string of the molecule is Cc1ccc(C(=O)NC2CC2)cc1-c1ccc2nc(NC(C(=O)O)C(C)C)ncc2c1. The summed E-state index contributed by atoms with van der Waals surface area (Å²) < 4.78 is 0. The fraction of sp³-hybridized carbons (Fsp3) is 0.333. The minimum Gasteiger partial charge on any atom is -0.480 e. The molecule has 0 spiro atoms. The van der Waals surface area contributed by atoms with Crippen LogP contribution in [0.1, 0.15) is 42.6 Å². The van der Waals surface area contributed by atoms with Crippen molar-refractivity contribution < 1.29 is 14.7 Å². The molecule has 0 radical (unpaired) electrons. The van der Waals surface area contributed by atoms with E-state index in [4.69, 9.17) is 0 Å². The molecule has 4 rings (SSSR count). The summed E-state index contributed by atoms with van der Waals surface area (Å²) in [5, 5.41) is 16.1. The highest BCUT2D eigenvalue weighted by Crippen LogP contribution is 2.28. The number of carbonyl (C=O) groups is 2. The maximum absolute atomic E-state index is 12.4. The van der Waals surface area contributed by atoms with Crippen molar-refractivity contribution in [3.05, 3.63) is 53.7 Å². The third-order valence-corrected chi connectivity index (χ3v) is 5.52. The van der Waals surface area contributed by atoms with Crippen molar-refractivity contribution in [1.82, 2.24) is 15.3 Å². The van der Waals surface area contributed by atoms with Gasteiger partial charge in [0.15, 0.2) is 0 Å². The normalized spacial score (nSPS) is 14.5. The zero-order valence-electron chi connectivity index (χ0n) is 17.8. The third-order valence-electron chi connectivity index (χ3n) is 5.52. The summed E-state index contributed by atoms with van der Waals surface area (Å²) in [6, 6.07) is 11.1. The number of amides is 1. The van der Waals surface area contributed by atoms with E-state index in [9.17, 15) is 14.7 Å². The second-order valence-corrected chi connectivity index (χ2v) is 8.45. The number of hydrogen-bond donors (Lipinski definition) is 3. The van der Waals surface area contributed by atoms with Crippen LogP contribution in [-0.4, -0.2) is 39.0 Å². The first-order valence-corrected chi connectivity index (χ1v) is 10.5. The van der Waals surface area contributed by atoms with Gasteiger partial charge >= 0.3 is 5.97 Å². The summed E-state index contributed by atoms with van der Waals surface area (Å²) in [7, 11) is 0. The van der Waals surface area contributed by atoms with Gasteiger partial charge in [0, 0.05) is 23.2 Å². The highest BCUT2D eigenvalue weighted by Gasteiger charge is 2.24. The van der Waals surface area contributed by atoms with Crippen molar-refractivity contribution in [2.75, 3.05) is 5.32 Å². The topological polar surface area (TPSA) is 104 Å². The number of fused-ring (bicyclic) bond motifs is 1. The fourth-order valence-corrected chi connectivity index (χ4v) is 3.49. The molecule has 1 aliphatic rings. The molecule has 3 N–H and O–H groups in total. The summed E-state index contributed by atoms with van der Waals surface area (Å²) in [6.07, 6.45) is 3.79. The third kappa shape index (κ3) is 4.66. The molecule has 7 heteroatoms. The minimum absolute atomic E-state index is 0.0401. The number of rotatable bonds is 7. The molecule has 1 aliphatic carbocycles. The molecule has 2 aromatic carbocycles. The predicted octanol–water partition coefficient (Wildman–Crippen LogP) is 4.02. The second kappa shape index (κ2) is 8.34. The van der Waals surface area contributed by atoms with Gasteiger partial charge < -0.3 is 15.7 Å². The summed E-state index contributed by atoms with van der Waals surface area (Å²) >= 11 is 0. The summed E-state index contributed by atoms with van der Waals surface area (Å²) in [6.45, 7) is 5.69. The monoisotopic (exact) mass is 418 g/mol. The Morgan fingerprint density at radius 2 is 1.90 bits per heavy atom. The number of anilines is 1. The van der Waals surface area contributed by atoms with E-state index in [2.05, 4.69) is 20.6 Å². The van der Waals surface area contributed by atoms with Crippen LogP contribution in [0.25, 0.3) is 22.0 Å². The zero-order chi connectivity index (χ0) is 22.1. The molecular formula is C24H26N4O3. The van der Waals surface area contributed by atoms with Gasteiger partial charge in [0.25, 0.3) is 5.91 Å². The Morgan fingerprint density at radius 1 is 1.13 bits per heavy atom. The summed E-state index contributed by atoms with van der Waals surface area (Å²) in [4.78, 5) is 32.7. The molecule has 1 amide bonds. The molecule has 3 aromatic rings. The maximum atomic E-state index is 12.4. The van der Waals surface area contributed by atoms with Crippen LogP contribution in [0.4, 0.5) is 5.95 Å². The molecule has 0 aliphatic heterocycles. The number of carbonyl (C=O) groups excluding carboxylic acids is 1. The fourth-order valence-electron chi connectivity index (χ4n) is 3.49. The van der Waals surface area contributed by atoms with Crippen LogP contribution in [0.15, 0.2) is 42.6 Å². The molecule has 1 saturated carbocycles. The summed E-state index contributed by atoms with van der Waals surface area (Å²) in [5.74, 6) is -0.792. The van der Waals surface area contributed by atoms with Gasteiger partial charge in [-0.3, -0.25) is 4.79 Å². The van der Waals surface area contributed by atoms with E-state index in [1.54, 1.807) is 6.20 Å². The first-order valence-electron chi connectivity index (χ1n) is 10.5. The van der Waals surface area contributed by atoms with E-state index in [0.717, 1.165) is 40.4 Å². The van der Waals surface area contributed by atoms with Crippen LogP contribution in [0.3, 0.4) is 0 Å². The van der Waals surface area contributed by atoms with Crippen LogP contribution in [0.5, 0.6) is 0 Å². The highest BCUT2D eigenvalue weighted by atomic mass is 16.4. The smallest absolute Gasteiger partial charge is 0.326 e. The van der Waals surface area contributed by atoms with Crippen LogP contribution in [-0.2, 0) is 4.79 Å². The van der Waals surface area contributed by atoms with Gasteiger partial charge in [0.1, 0.15) is 6.04 Å². The average Bonchev–Trinajstić information content (AvgIpc) is 3.55. The molecular weight excluding hydrogens is 392 g/mol. The van der Waals surface area contributed by atoms with E-state index < -0.39 is 12.0 Å². The van der Waals surface area contributed by atoms with Crippen LogP contribution < -0.4 is 10.6 Å². The van der Waals surface area contributed by atoms with Crippen molar-refractivity contribution in [2.24, 2.45) is 5.92 Å². The Labute approximate surface area is 180 Å². The molecule has 1 aromatic heterocycles. The van der Waals surface area contributed by atoms with Gasteiger partial charge in [-0.05, 0) is 66.6 Å². The lowest BCUT2D eigenvalue weighted by atomic mass is 9.97.